The highest BCUT2D eigenvalue weighted by Gasteiger charge is 2.18. The first-order valence-corrected chi connectivity index (χ1v) is 12.7. The summed E-state index contributed by atoms with van der Waals surface area (Å²) in [5, 5.41) is 7.07. The molecular weight excluding hydrogens is 454 g/mol. The molecule has 0 saturated carbocycles. The summed E-state index contributed by atoms with van der Waals surface area (Å²) < 4.78 is 5.41. The van der Waals surface area contributed by atoms with Crippen LogP contribution in [-0.4, -0.2) is 71.0 Å². The summed E-state index contributed by atoms with van der Waals surface area (Å²) in [7, 11) is 1.76. The van der Waals surface area contributed by atoms with Crippen molar-refractivity contribution in [2.75, 3.05) is 33.2 Å². The highest BCUT2D eigenvalue weighted by atomic mass is 16.5. The van der Waals surface area contributed by atoms with E-state index < -0.39 is 0 Å². The van der Waals surface area contributed by atoms with E-state index in [1.54, 1.807) is 24.1 Å². The van der Waals surface area contributed by atoms with Crippen molar-refractivity contribution >= 4 is 11.8 Å². The van der Waals surface area contributed by atoms with Gasteiger partial charge in [-0.05, 0) is 69.6 Å². The van der Waals surface area contributed by atoms with E-state index in [4.69, 9.17) is 4.52 Å². The monoisotopic (exact) mass is 489 g/mol. The van der Waals surface area contributed by atoms with Crippen LogP contribution >= 0.6 is 0 Å². The van der Waals surface area contributed by atoms with Gasteiger partial charge in [-0.2, -0.15) is 4.98 Å². The molecule has 2 heterocycles. The van der Waals surface area contributed by atoms with Crippen molar-refractivity contribution < 1.29 is 14.1 Å². The zero-order chi connectivity index (χ0) is 25.5. The topological polar surface area (TPSA) is 91.6 Å². The molecule has 4 rings (SSSR count). The van der Waals surface area contributed by atoms with Crippen LogP contribution in [0.1, 0.15) is 58.3 Å². The lowest BCUT2D eigenvalue weighted by Crippen LogP contribution is -2.42. The molecule has 1 N–H and O–H groups in total. The predicted octanol–water partition coefficient (Wildman–Crippen LogP) is 3.96. The molecule has 3 aromatic rings. The van der Waals surface area contributed by atoms with Crippen LogP contribution < -0.4 is 5.32 Å². The highest BCUT2D eigenvalue weighted by molar-refractivity contribution is 5.94. The Bertz CT molecular complexity index is 1160. The first kappa shape index (κ1) is 25.6. The largest absolute Gasteiger partial charge is 0.351 e. The number of benzene rings is 2. The number of likely N-dealkylation sites (tertiary alicyclic amines) is 1. The van der Waals surface area contributed by atoms with Crippen molar-refractivity contribution in [3.05, 3.63) is 71.0 Å². The van der Waals surface area contributed by atoms with Gasteiger partial charge in [0.25, 0.3) is 17.7 Å². The Balaban J connectivity index is 1.26. The van der Waals surface area contributed by atoms with Gasteiger partial charge >= 0.3 is 0 Å². The molecule has 0 spiro atoms. The number of likely N-dealkylation sites (N-methyl/N-ethyl adjacent to an activating group) is 1. The lowest BCUT2D eigenvalue weighted by molar-refractivity contribution is 0.0795. The molecule has 1 saturated heterocycles. The van der Waals surface area contributed by atoms with Gasteiger partial charge in [-0.3, -0.25) is 14.5 Å². The first-order valence-electron chi connectivity index (χ1n) is 12.7. The number of amides is 2. The van der Waals surface area contributed by atoms with Gasteiger partial charge in [0.2, 0.25) is 0 Å². The summed E-state index contributed by atoms with van der Waals surface area (Å²) in [6, 6.07) is 15.3. The van der Waals surface area contributed by atoms with E-state index in [2.05, 4.69) is 27.3 Å². The molecular formula is C28H35N5O3. The highest BCUT2D eigenvalue weighted by Crippen LogP contribution is 2.19. The summed E-state index contributed by atoms with van der Waals surface area (Å²) >= 11 is 0. The number of carbonyl (C=O) groups excluding carboxylic acids is 2. The number of hydrogen-bond acceptors (Lipinski definition) is 6. The van der Waals surface area contributed by atoms with Crippen molar-refractivity contribution in [3.63, 3.8) is 0 Å². The molecule has 1 aromatic heterocycles. The van der Waals surface area contributed by atoms with Crippen molar-refractivity contribution in [2.24, 2.45) is 0 Å². The standard InChI is InChI=1S/C28H35N5O3/c1-20-7-9-24(10-8-20)28(35)32(3)18-15-25-30-27(36-31-25)23-13-11-22(12-14-23)26(34)29-16-19-33-17-5-4-6-21(33)2/h7-14,21H,4-6,15-19H2,1-3H3,(H,29,34)/t21-/m1/s1. The SMILES string of the molecule is Cc1ccc(C(=O)N(C)CCc2noc(-c3ccc(C(=O)NCCN4CCCC[C@H]4C)cc3)n2)cc1. The van der Waals surface area contributed by atoms with Crippen LogP contribution in [0.2, 0.25) is 0 Å². The fourth-order valence-electron chi connectivity index (χ4n) is 4.43. The lowest BCUT2D eigenvalue weighted by Gasteiger charge is -2.33. The number of nitrogens with one attached hydrogen (secondary N) is 1. The number of piperidine rings is 1. The van der Waals surface area contributed by atoms with Crippen LogP contribution in [0.15, 0.2) is 53.1 Å². The van der Waals surface area contributed by atoms with E-state index in [1.807, 2.05) is 43.3 Å². The fraction of sp³-hybridized carbons (Fsp3) is 0.429. The first-order chi connectivity index (χ1) is 17.4. The van der Waals surface area contributed by atoms with Crippen molar-refractivity contribution in [1.29, 1.82) is 0 Å². The minimum atomic E-state index is -0.0845. The van der Waals surface area contributed by atoms with Crippen LogP contribution in [0.25, 0.3) is 11.5 Å². The maximum Gasteiger partial charge on any atom is 0.257 e. The smallest absolute Gasteiger partial charge is 0.257 e. The number of aryl methyl sites for hydroxylation is 1. The van der Waals surface area contributed by atoms with Gasteiger partial charge in [-0.25, -0.2) is 0 Å². The Morgan fingerprint density at radius 1 is 1.08 bits per heavy atom. The predicted molar refractivity (Wildman–Crippen MR) is 139 cm³/mol. The van der Waals surface area contributed by atoms with E-state index in [0.29, 0.717) is 48.4 Å². The van der Waals surface area contributed by atoms with E-state index in [1.165, 1.54) is 19.3 Å². The average molecular weight is 490 g/mol. The second-order valence-electron chi connectivity index (χ2n) is 9.57. The Labute approximate surface area is 212 Å². The van der Waals surface area contributed by atoms with Crippen molar-refractivity contribution in [2.45, 2.75) is 45.6 Å². The maximum absolute atomic E-state index is 12.6. The zero-order valence-corrected chi connectivity index (χ0v) is 21.4. The molecule has 8 heteroatoms. The van der Waals surface area contributed by atoms with Crippen molar-refractivity contribution in [1.82, 2.24) is 25.3 Å². The summed E-state index contributed by atoms with van der Waals surface area (Å²) in [4.78, 5) is 33.7. The van der Waals surface area contributed by atoms with E-state index in [0.717, 1.165) is 24.2 Å². The molecule has 1 aliphatic rings. The van der Waals surface area contributed by atoms with Gasteiger partial charge in [0.1, 0.15) is 0 Å². The van der Waals surface area contributed by atoms with Crippen LogP contribution in [-0.2, 0) is 6.42 Å². The molecule has 2 aromatic carbocycles. The van der Waals surface area contributed by atoms with Crippen LogP contribution in [0, 0.1) is 6.92 Å². The molecule has 190 valence electrons. The van der Waals surface area contributed by atoms with E-state index in [9.17, 15) is 9.59 Å². The van der Waals surface area contributed by atoms with Crippen LogP contribution in [0.5, 0.6) is 0 Å². The minimum absolute atomic E-state index is 0.0435. The molecule has 0 aliphatic carbocycles. The van der Waals surface area contributed by atoms with Gasteiger partial charge in [-0.15, -0.1) is 0 Å². The number of rotatable bonds is 9. The molecule has 0 radical (unpaired) electrons. The summed E-state index contributed by atoms with van der Waals surface area (Å²) in [5.74, 6) is 0.794. The third-order valence-corrected chi connectivity index (χ3v) is 6.80. The van der Waals surface area contributed by atoms with Crippen LogP contribution in [0.3, 0.4) is 0 Å². The Morgan fingerprint density at radius 3 is 2.53 bits per heavy atom. The molecule has 36 heavy (non-hydrogen) atoms. The fourth-order valence-corrected chi connectivity index (χ4v) is 4.43. The van der Waals surface area contributed by atoms with Crippen molar-refractivity contribution in [3.8, 4) is 11.5 Å². The summed E-state index contributed by atoms with van der Waals surface area (Å²) in [5.41, 5.74) is 3.12. The molecule has 8 nitrogen and oxygen atoms in total. The van der Waals surface area contributed by atoms with Gasteiger partial charge < -0.3 is 14.7 Å². The molecule has 0 unspecified atom stereocenters. The molecule has 1 fully saturated rings. The molecule has 0 bridgehead atoms. The van der Waals surface area contributed by atoms with Crippen LogP contribution in [0.4, 0.5) is 0 Å². The van der Waals surface area contributed by atoms with Gasteiger partial charge in [0, 0.05) is 55.8 Å². The second kappa shape index (κ2) is 11.9. The van der Waals surface area contributed by atoms with Gasteiger partial charge in [0.05, 0.1) is 0 Å². The van der Waals surface area contributed by atoms with Gasteiger partial charge in [0.15, 0.2) is 5.82 Å². The summed E-state index contributed by atoms with van der Waals surface area (Å²) in [6.07, 6.45) is 4.24. The Kier molecular flexibility index (Phi) is 8.48. The average Bonchev–Trinajstić information content (AvgIpc) is 3.37. The third kappa shape index (κ3) is 6.57. The number of carbonyl (C=O) groups is 2. The molecule has 1 atom stereocenters. The quantitative estimate of drug-likeness (QED) is 0.489. The van der Waals surface area contributed by atoms with Gasteiger partial charge in [-0.1, -0.05) is 29.3 Å². The number of nitrogens with zero attached hydrogens (tertiary/aromatic N) is 4. The minimum Gasteiger partial charge on any atom is -0.351 e. The van der Waals surface area contributed by atoms with E-state index >= 15 is 0 Å². The van der Waals surface area contributed by atoms with E-state index in [-0.39, 0.29) is 11.8 Å². The molecule has 2 amide bonds. The third-order valence-electron chi connectivity index (χ3n) is 6.80. The second-order valence-corrected chi connectivity index (χ2v) is 9.57. The maximum atomic E-state index is 12.6. The Morgan fingerprint density at radius 2 is 1.81 bits per heavy atom. The Hall–Kier alpha value is -3.52. The lowest BCUT2D eigenvalue weighted by atomic mass is 10.0. The molecule has 1 aliphatic heterocycles. The normalized spacial score (nSPS) is 16.0. The summed E-state index contributed by atoms with van der Waals surface area (Å²) in [6.45, 7) is 7.34. The number of aromatic nitrogens is 2. The zero-order valence-electron chi connectivity index (χ0n) is 21.4. The number of hydrogen-bond donors (Lipinski definition) is 1.